The smallest absolute Gasteiger partial charge is 0.309 e. The SMILES string of the molecule is c1ccc(-c2cc(-c3cccc(-c4cccc(-c5cccc(-n6[n+]7ccccc7c7cc(-c8ccc9c(c8)c8ccccc8n9-c8ccccc8)cc[n+]76)c5)c4)c3)cc(-c3ccccc3)n2)cc1. The van der Waals surface area contributed by atoms with E-state index >= 15 is 0 Å². The lowest BCUT2D eigenvalue weighted by atomic mass is 9.95. The van der Waals surface area contributed by atoms with E-state index in [1.807, 2.05) is 12.1 Å². The van der Waals surface area contributed by atoms with Crippen molar-refractivity contribution in [2.24, 2.45) is 0 Å². The summed E-state index contributed by atoms with van der Waals surface area (Å²) in [5.74, 6) is 0. The van der Waals surface area contributed by atoms with Gasteiger partial charge in [0.05, 0.1) is 27.2 Å². The minimum absolute atomic E-state index is 0.954. The van der Waals surface area contributed by atoms with Crippen LogP contribution in [0.4, 0.5) is 0 Å². The van der Waals surface area contributed by atoms with Gasteiger partial charge in [-0.1, -0.05) is 152 Å². The van der Waals surface area contributed by atoms with Crippen LogP contribution < -0.4 is 9.03 Å². The van der Waals surface area contributed by atoms with Crippen molar-refractivity contribution in [3.05, 3.63) is 261 Å². The van der Waals surface area contributed by atoms with Crippen molar-refractivity contribution in [1.29, 1.82) is 0 Å². The van der Waals surface area contributed by atoms with Gasteiger partial charge in [-0.3, -0.25) is 0 Å². The van der Waals surface area contributed by atoms with E-state index in [4.69, 9.17) is 4.98 Å². The van der Waals surface area contributed by atoms with Crippen LogP contribution in [0.25, 0.3) is 111 Å². The number of para-hydroxylation sites is 2. The van der Waals surface area contributed by atoms with Crippen molar-refractivity contribution in [3.63, 3.8) is 0 Å². The number of aromatic nitrogens is 5. The Labute approximate surface area is 394 Å². The van der Waals surface area contributed by atoms with Crippen LogP contribution in [0.5, 0.6) is 0 Å². The molecule has 0 aliphatic rings. The zero-order valence-electron chi connectivity index (χ0n) is 37.1. The molecule has 0 radical (unpaired) electrons. The number of hydrogen-bond donors (Lipinski definition) is 0. The first kappa shape index (κ1) is 39.2. The second kappa shape index (κ2) is 16.4. The Morgan fingerprint density at radius 2 is 0.779 bits per heavy atom. The fourth-order valence-electron chi connectivity index (χ4n) is 9.97. The topological polar surface area (TPSA) is 30.9 Å². The van der Waals surface area contributed by atoms with E-state index in [1.54, 1.807) is 0 Å². The van der Waals surface area contributed by atoms with Crippen molar-refractivity contribution in [2.75, 3.05) is 0 Å². The quantitative estimate of drug-likeness (QED) is 0.140. The van der Waals surface area contributed by atoms with Crippen LogP contribution in [0.15, 0.2) is 261 Å². The van der Waals surface area contributed by atoms with Crippen LogP contribution >= 0.6 is 0 Å². The Bertz CT molecular complexity index is 3960. The predicted octanol–water partition coefficient (Wildman–Crippen LogP) is 14.4. The standard InChI is InChI=1S/C63H43N5/c1-4-17-44(18-5-1)58-41-53(42-59(64-58)45-19-6-2-7-20-45)49-24-15-22-47(38-49)46-21-14-23-48(37-46)50-25-16-28-55(39-50)68-65-35-13-12-31-62(65)63-43-52(34-36-66(63)68)51-32-33-61-57(40-51)56-29-10-11-30-60(56)67(61)54-26-8-3-9-27-54/h1-43H/q+2. The third-order valence-electron chi connectivity index (χ3n) is 13.2. The maximum absolute atomic E-state index is 5.12. The molecule has 5 aromatic heterocycles. The second-order valence-corrected chi connectivity index (χ2v) is 17.4. The molecule has 0 fully saturated rings. The lowest BCUT2D eigenvalue weighted by Gasteiger charge is -2.12. The zero-order chi connectivity index (χ0) is 45.0. The lowest BCUT2D eigenvalue weighted by Crippen LogP contribution is -2.43. The first-order chi connectivity index (χ1) is 33.7. The molecule has 0 unspecified atom stereocenters. The van der Waals surface area contributed by atoms with Crippen molar-refractivity contribution >= 4 is 32.8 Å². The normalized spacial score (nSPS) is 11.5. The lowest BCUT2D eigenvalue weighted by molar-refractivity contribution is -0.770. The van der Waals surface area contributed by atoms with Gasteiger partial charge in [-0.25, -0.2) is 4.98 Å². The molecule has 13 rings (SSSR count). The Kier molecular flexibility index (Phi) is 9.43. The third-order valence-corrected chi connectivity index (χ3v) is 13.2. The fraction of sp³-hybridized carbons (Fsp3) is 0. The first-order valence-electron chi connectivity index (χ1n) is 23.1. The van der Waals surface area contributed by atoms with Gasteiger partial charge in [0.25, 0.3) is 0 Å². The molecule has 0 saturated carbocycles. The van der Waals surface area contributed by atoms with Gasteiger partial charge in [-0.2, -0.15) is 0 Å². The highest BCUT2D eigenvalue weighted by atomic mass is 15.6. The number of rotatable bonds is 8. The van der Waals surface area contributed by atoms with Gasteiger partial charge in [0, 0.05) is 51.9 Å². The minimum atomic E-state index is 0.954. The zero-order valence-corrected chi connectivity index (χ0v) is 37.1. The van der Waals surface area contributed by atoms with Crippen LogP contribution in [0.3, 0.4) is 0 Å². The highest BCUT2D eigenvalue weighted by Gasteiger charge is 2.28. The van der Waals surface area contributed by atoms with Gasteiger partial charge in [-0.15, -0.1) is 0 Å². The Hall–Kier alpha value is -9.19. The summed E-state index contributed by atoms with van der Waals surface area (Å²) in [5, 5.41) is 2.48. The van der Waals surface area contributed by atoms with E-state index in [0.29, 0.717) is 0 Å². The van der Waals surface area contributed by atoms with Gasteiger partial charge in [0.2, 0.25) is 12.4 Å². The predicted molar refractivity (Wildman–Crippen MR) is 277 cm³/mol. The molecular formula is C63H43N5+2. The Morgan fingerprint density at radius 1 is 0.279 bits per heavy atom. The van der Waals surface area contributed by atoms with Crippen LogP contribution in [-0.2, 0) is 0 Å². The van der Waals surface area contributed by atoms with E-state index in [-0.39, 0.29) is 0 Å². The molecule has 318 valence electrons. The summed E-state index contributed by atoms with van der Waals surface area (Å²) in [6.45, 7) is 0. The van der Waals surface area contributed by atoms with E-state index in [2.05, 4.69) is 267 Å². The Balaban J connectivity index is 0.861. The van der Waals surface area contributed by atoms with Gasteiger partial charge >= 0.3 is 11.0 Å². The van der Waals surface area contributed by atoms with E-state index in [9.17, 15) is 0 Å². The van der Waals surface area contributed by atoms with Gasteiger partial charge in [0.1, 0.15) is 0 Å². The number of fused-ring (bicyclic) bond motifs is 6. The molecule has 0 bridgehead atoms. The molecular weight excluding hydrogens is 827 g/mol. The number of nitrogens with zero attached hydrogens (tertiary/aromatic N) is 5. The van der Waals surface area contributed by atoms with Gasteiger partial charge in [-0.05, 0) is 126 Å². The van der Waals surface area contributed by atoms with Gasteiger partial charge < -0.3 is 4.57 Å². The highest BCUT2D eigenvalue weighted by Crippen LogP contribution is 2.37. The molecule has 5 heteroatoms. The Morgan fingerprint density at radius 3 is 1.47 bits per heavy atom. The molecule has 0 amide bonds. The molecule has 0 atom stereocenters. The third kappa shape index (κ3) is 6.84. The van der Waals surface area contributed by atoms with Crippen molar-refractivity contribution in [1.82, 2.24) is 14.3 Å². The summed E-state index contributed by atoms with van der Waals surface area (Å²) in [6, 6.07) is 89.1. The van der Waals surface area contributed by atoms with Crippen molar-refractivity contribution < 1.29 is 9.03 Å². The molecule has 0 spiro atoms. The summed E-state index contributed by atoms with van der Waals surface area (Å²) >= 11 is 0. The second-order valence-electron chi connectivity index (χ2n) is 17.4. The molecule has 0 saturated heterocycles. The largest absolute Gasteiger partial charge is 0.316 e. The summed E-state index contributed by atoms with van der Waals surface area (Å²) in [7, 11) is 0. The first-order valence-corrected chi connectivity index (χ1v) is 23.1. The maximum atomic E-state index is 5.12. The van der Waals surface area contributed by atoms with Gasteiger partial charge in [0.15, 0.2) is 5.69 Å². The van der Waals surface area contributed by atoms with E-state index in [1.165, 1.54) is 32.9 Å². The average molecular weight is 870 g/mol. The van der Waals surface area contributed by atoms with Crippen molar-refractivity contribution in [2.45, 2.75) is 0 Å². The maximum Gasteiger partial charge on any atom is 0.316 e. The summed E-state index contributed by atoms with van der Waals surface area (Å²) < 4.78 is 6.86. The van der Waals surface area contributed by atoms with Crippen molar-refractivity contribution in [3.8, 4) is 78.4 Å². The fourth-order valence-corrected chi connectivity index (χ4v) is 9.97. The molecule has 8 aromatic carbocycles. The minimum Gasteiger partial charge on any atom is -0.309 e. The summed E-state index contributed by atoms with van der Waals surface area (Å²) in [5.41, 5.74) is 20.2. The van der Waals surface area contributed by atoms with Crippen LogP contribution in [0.2, 0.25) is 0 Å². The monoisotopic (exact) mass is 869 g/mol. The number of benzene rings is 8. The van der Waals surface area contributed by atoms with Crippen LogP contribution in [0, 0.1) is 0 Å². The molecule has 0 aliphatic carbocycles. The van der Waals surface area contributed by atoms with E-state index < -0.39 is 0 Å². The van der Waals surface area contributed by atoms with E-state index in [0.717, 1.165) is 78.3 Å². The molecule has 0 N–H and O–H groups in total. The van der Waals surface area contributed by atoms with Crippen LogP contribution in [0.1, 0.15) is 0 Å². The summed E-state index contributed by atoms with van der Waals surface area (Å²) in [4.78, 5) is 7.38. The molecule has 5 heterocycles. The highest BCUT2D eigenvalue weighted by molar-refractivity contribution is 6.10. The molecule has 5 nitrogen and oxygen atoms in total. The molecule has 0 aliphatic heterocycles. The average Bonchev–Trinajstić information content (AvgIpc) is 3.94. The van der Waals surface area contributed by atoms with Crippen LogP contribution in [-0.4, -0.2) is 14.3 Å². The number of pyridine rings is 3. The molecule has 68 heavy (non-hydrogen) atoms. The molecule has 13 aromatic rings. The number of hydrogen-bond acceptors (Lipinski definition) is 1. The summed E-state index contributed by atoms with van der Waals surface area (Å²) in [6.07, 6.45) is 4.34.